The van der Waals surface area contributed by atoms with Gasteiger partial charge in [0.05, 0.1) is 11.3 Å². The number of fused-ring (bicyclic) bond motifs is 1. The van der Waals surface area contributed by atoms with Gasteiger partial charge in [-0.15, -0.1) is 0 Å². The zero-order chi connectivity index (χ0) is 19.8. The molecule has 3 aromatic carbocycles. The topological polar surface area (TPSA) is 80.7 Å². The summed E-state index contributed by atoms with van der Waals surface area (Å²) < 4.78 is 43.0. The molecule has 0 radical (unpaired) electrons. The number of carboxylic acids is 1. The first kappa shape index (κ1) is 18.8. The van der Waals surface area contributed by atoms with E-state index in [0.717, 1.165) is 6.26 Å². The maximum absolute atomic E-state index is 13.7. The average molecular weight is 388 g/mol. The van der Waals surface area contributed by atoms with E-state index in [0.29, 0.717) is 33.4 Å². The van der Waals surface area contributed by atoms with E-state index in [1.54, 1.807) is 25.1 Å². The Morgan fingerprint density at radius 3 is 2.44 bits per heavy atom. The molecule has 0 saturated carbocycles. The van der Waals surface area contributed by atoms with Crippen molar-refractivity contribution in [2.24, 2.45) is 0 Å². The first-order chi connectivity index (χ1) is 12.6. The van der Waals surface area contributed by atoms with Gasteiger partial charge in [-0.05, 0) is 59.8 Å². The average Bonchev–Trinajstić information content (AvgIpc) is 2.55. The Hall–Kier alpha value is -2.93. The van der Waals surface area contributed by atoms with E-state index < -0.39 is 21.6 Å². The number of benzene rings is 3. The van der Waals surface area contributed by atoms with Crippen LogP contribution in [-0.4, -0.2) is 25.7 Å². The minimum atomic E-state index is -3.35. The first-order valence-electron chi connectivity index (χ1n) is 8.06. The fraction of sp³-hybridized carbons (Fsp3) is 0.150. The molecule has 140 valence electrons. The van der Waals surface area contributed by atoms with E-state index in [4.69, 9.17) is 9.84 Å². The van der Waals surface area contributed by atoms with Gasteiger partial charge in [0.1, 0.15) is 17.3 Å². The van der Waals surface area contributed by atoms with Crippen molar-refractivity contribution in [3.8, 4) is 11.5 Å². The molecule has 3 rings (SSSR count). The number of carboxylic acid groups (broad SMARTS) is 1. The van der Waals surface area contributed by atoms with Gasteiger partial charge in [-0.25, -0.2) is 12.8 Å². The van der Waals surface area contributed by atoms with Crippen LogP contribution in [0.4, 0.5) is 4.39 Å². The molecule has 0 fully saturated rings. The molecule has 0 aliphatic carbocycles. The molecule has 0 atom stereocenters. The number of hydrogen-bond donors (Lipinski definition) is 1. The van der Waals surface area contributed by atoms with Crippen molar-refractivity contribution in [1.82, 2.24) is 0 Å². The Balaban J connectivity index is 2.10. The molecule has 0 bridgehead atoms. The van der Waals surface area contributed by atoms with Crippen LogP contribution in [0.25, 0.3) is 10.8 Å². The largest absolute Gasteiger partial charge is 0.481 e. The SMILES string of the molecule is Cc1cc(S(C)(=O)=O)ccc1Oc1cc(CC(=O)O)cc2ccc(F)cc12. The van der Waals surface area contributed by atoms with Crippen molar-refractivity contribution in [2.75, 3.05) is 6.26 Å². The van der Waals surface area contributed by atoms with E-state index in [1.807, 2.05) is 0 Å². The van der Waals surface area contributed by atoms with Gasteiger partial charge in [0, 0.05) is 11.6 Å². The second-order valence-corrected chi connectivity index (χ2v) is 8.35. The Kier molecular flexibility index (Phi) is 4.89. The molecule has 0 aliphatic rings. The van der Waals surface area contributed by atoms with E-state index in [2.05, 4.69) is 0 Å². The van der Waals surface area contributed by atoms with Gasteiger partial charge in [-0.2, -0.15) is 0 Å². The zero-order valence-corrected chi connectivity index (χ0v) is 15.5. The van der Waals surface area contributed by atoms with Crippen LogP contribution >= 0.6 is 0 Å². The number of sulfone groups is 1. The van der Waals surface area contributed by atoms with Gasteiger partial charge >= 0.3 is 5.97 Å². The minimum absolute atomic E-state index is 0.169. The van der Waals surface area contributed by atoms with Gasteiger partial charge in [-0.1, -0.05) is 12.1 Å². The molecular weight excluding hydrogens is 371 g/mol. The molecular formula is C20H17FO5S. The van der Waals surface area contributed by atoms with Crippen molar-refractivity contribution in [3.63, 3.8) is 0 Å². The quantitative estimate of drug-likeness (QED) is 0.711. The molecule has 1 N–H and O–H groups in total. The summed E-state index contributed by atoms with van der Waals surface area (Å²) in [6.07, 6.45) is 0.920. The number of aliphatic carboxylic acids is 1. The van der Waals surface area contributed by atoms with Crippen molar-refractivity contribution >= 4 is 26.6 Å². The molecule has 5 nitrogen and oxygen atoms in total. The maximum Gasteiger partial charge on any atom is 0.307 e. The summed E-state index contributed by atoms with van der Waals surface area (Å²) in [5.74, 6) is -0.725. The predicted molar refractivity (Wildman–Crippen MR) is 99.6 cm³/mol. The Labute approximate surface area is 155 Å². The lowest BCUT2D eigenvalue weighted by Gasteiger charge is -2.14. The molecule has 27 heavy (non-hydrogen) atoms. The molecule has 0 unspecified atom stereocenters. The van der Waals surface area contributed by atoms with Crippen LogP contribution in [-0.2, 0) is 21.1 Å². The van der Waals surface area contributed by atoms with Gasteiger partial charge < -0.3 is 9.84 Å². The molecule has 0 saturated heterocycles. The van der Waals surface area contributed by atoms with Gasteiger partial charge in [0.2, 0.25) is 0 Å². The van der Waals surface area contributed by atoms with Crippen molar-refractivity contribution in [1.29, 1.82) is 0 Å². The third-order valence-electron chi connectivity index (χ3n) is 4.09. The van der Waals surface area contributed by atoms with Gasteiger partial charge in [0.15, 0.2) is 9.84 Å². The standard InChI is InChI=1S/C20H17FO5S/c1-12-7-16(27(2,24)25)5-6-18(12)26-19-9-13(10-20(22)23)8-14-3-4-15(21)11-17(14)19/h3-9,11H,10H2,1-2H3,(H,22,23). The highest BCUT2D eigenvalue weighted by Crippen LogP contribution is 2.34. The van der Waals surface area contributed by atoms with Crippen molar-refractivity contribution in [3.05, 3.63) is 65.5 Å². The molecule has 0 amide bonds. The third-order valence-corrected chi connectivity index (χ3v) is 5.20. The minimum Gasteiger partial charge on any atom is -0.481 e. The second-order valence-electron chi connectivity index (χ2n) is 6.33. The molecule has 7 heteroatoms. The van der Waals surface area contributed by atoms with Crippen molar-refractivity contribution in [2.45, 2.75) is 18.2 Å². The molecule has 3 aromatic rings. The van der Waals surface area contributed by atoms with Crippen LogP contribution in [0.3, 0.4) is 0 Å². The van der Waals surface area contributed by atoms with Crippen LogP contribution in [0.2, 0.25) is 0 Å². The summed E-state index contributed by atoms with van der Waals surface area (Å²) in [6.45, 7) is 1.70. The number of halogens is 1. The van der Waals surface area contributed by atoms with E-state index in [-0.39, 0.29) is 11.3 Å². The lowest BCUT2D eigenvalue weighted by atomic mass is 10.0. The summed E-state index contributed by atoms with van der Waals surface area (Å²) in [5, 5.41) is 10.2. The van der Waals surface area contributed by atoms with Crippen LogP contribution in [0.15, 0.2) is 53.4 Å². The summed E-state index contributed by atoms with van der Waals surface area (Å²) in [5.41, 5.74) is 1.10. The fourth-order valence-electron chi connectivity index (χ4n) is 2.80. The van der Waals surface area contributed by atoms with Crippen LogP contribution in [0.1, 0.15) is 11.1 Å². The number of ether oxygens (including phenoxy) is 1. The Bertz CT molecular complexity index is 1150. The summed E-state index contributed by atoms with van der Waals surface area (Å²) in [7, 11) is -3.35. The Morgan fingerprint density at radius 2 is 1.81 bits per heavy atom. The highest BCUT2D eigenvalue weighted by Gasteiger charge is 2.13. The monoisotopic (exact) mass is 388 g/mol. The highest BCUT2D eigenvalue weighted by atomic mass is 32.2. The first-order valence-corrected chi connectivity index (χ1v) is 9.95. The highest BCUT2D eigenvalue weighted by molar-refractivity contribution is 7.90. The van der Waals surface area contributed by atoms with Gasteiger partial charge in [0.25, 0.3) is 0 Å². The van der Waals surface area contributed by atoms with E-state index in [9.17, 15) is 17.6 Å². The second kappa shape index (κ2) is 7.00. The summed E-state index contributed by atoms with van der Waals surface area (Å²) >= 11 is 0. The van der Waals surface area contributed by atoms with Gasteiger partial charge in [-0.3, -0.25) is 4.79 Å². The number of hydrogen-bond acceptors (Lipinski definition) is 4. The predicted octanol–water partition coefficient (Wildman–Crippen LogP) is 4.11. The zero-order valence-electron chi connectivity index (χ0n) is 14.7. The maximum atomic E-state index is 13.7. The number of aryl methyl sites for hydroxylation is 1. The normalized spacial score (nSPS) is 11.5. The number of carbonyl (C=O) groups is 1. The summed E-state index contributed by atoms with van der Waals surface area (Å²) in [6, 6.07) is 11.9. The molecule has 0 aromatic heterocycles. The smallest absolute Gasteiger partial charge is 0.307 e. The van der Waals surface area contributed by atoms with Crippen LogP contribution in [0, 0.1) is 12.7 Å². The fourth-order valence-corrected chi connectivity index (χ4v) is 3.51. The molecule has 0 heterocycles. The lowest BCUT2D eigenvalue weighted by molar-refractivity contribution is -0.136. The number of rotatable bonds is 5. The van der Waals surface area contributed by atoms with Crippen LogP contribution in [0.5, 0.6) is 11.5 Å². The van der Waals surface area contributed by atoms with Crippen molar-refractivity contribution < 1.29 is 27.4 Å². The lowest BCUT2D eigenvalue weighted by Crippen LogP contribution is -2.01. The third kappa shape index (κ3) is 4.25. The Morgan fingerprint density at radius 1 is 1.07 bits per heavy atom. The van der Waals surface area contributed by atoms with Crippen LogP contribution < -0.4 is 4.74 Å². The summed E-state index contributed by atoms with van der Waals surface area (Å²) in [4.78, 5) is 11.2. The molecule has 0 spiro atoms. The van der Waals surface area contributed by atoms with E-state index in [1.165, 1.54) is 30.3 Å². The molecule has 0 aliphatic heterocycles. The van der Waals surface area contributed by atoms with E-state index >= 15 is 0 Å².